The minimum absolute atomic E-state index is 0. The molecule has 2 aliphatic carbocycles. The predicted octanol–water partition coefficient (Wildman–Crippen LogP) is 4.69. The first-order chi connectivity index (χ1) is 9.40. The second-order valence-electron chi connectivity index (χ2n) is 5.96. The Bertz CT molecular complexity index is 395. The van der Waals surface area contributed by atoms with Gasteiger partial charge in [0.15, 0.2) is 0 Å². The monoisotopic (exact) mass is 382 g/mol. The summed E-state index contributed by atoms with van der Waals surface area (Å²) in [7, 11) is 1.82. The molecule has 20 heavy (non-hydrogen) atoms. The van der Waals surface area contributed by atoms with Gasteiger partial charge < -0.3 is 4.74 Å². The van der Waals surface area contributed by atoms with Crippen LogP contribution in [0.25, 0.3) is 0 Å². The van der Waals surface area contributed by atoms with Gasteiger partial charge in [0.1, 0.15) is 5.75 Å². The second kappa shape index (κ2) is 7.93. The maximum Gasteiger partial charge on any atom is 0.126 e. The van der Waals surface area contributed by atoms with E-state index < -0.39 is 0 Å². The van der Waals surface area contributed by atoms with Crippen LogP contribution in [0.1, 0.15) is 51.4 Å². The van der Waals surface area contributed by atoms with E-state index in [4.69, 9.17) is 4.74 Å². The van der Waals surface area contributed by atoms with Gasteiger partial charge in [-0.05, 0) is 43.1 Å². The summed E-state index contributed by atoms with van der Waals surface area (Å²) in [5.74, 6) is 1.15. The van der Waals surface area contributed by atoms with Crippen molar-refractivity contribution in [1.29, 1.82) is 0 Å². The molecule has 1 aromatic rings. The largest absolute Gasteiger partial charge is 0.496 e. The average Bonchev–Trinajstić information content (AvgIpc) is 3.13. The zero-order valence-corrected chi connectivity index (χ0v) is 14.7. The van der Waals surface area contributed by atoms with Crippen LogP contribution in [-0.4, -0.2) is 18.4 Å². The third-order valence-corrected chi connectivity index (χ3v) is 8.33. The van der Waals surface area contributed by atoms with Crippen molar-refractivity contribution in [3.8, 4) is 5.75 Å². The van der Waals surface area contributed by atoms with Gasteiger partial charge in [-0.1, -0.05) is 51.8 Å². The number of benzene rings is 1. The molecule has 0 heterocycles. The molecule has 0 atom stereocenters. The van der Waals surface area contributed by atoms with Gasteiger partial charge in [0.2, 0.25) is 0 Å². The number of hydrogen-bond acceptors (Lipinski definition) is 1. The van der Waals surface area contributed by atoms with Gasteiger partial charge in [0.05, 0.1) is 7.11 Å². The molecule has 1 nitrogen and oxygen atoms in total. The van der Waals surface area contributed by atoms with Gasteiger partial charge in [-0.25, -0.2) is 0 Å². The van der Waals surface area contributed by atoms with Gasteiger partial charge >= 0.3 is 0 Å². The van der Waals surface area contributed by atoms with Crippen molar-refractivity contribution in [3.05, 3.63) is 24.3 Å². The molecule has 1 aromatic carbocycles. The number of para-hydroxylation sites is 1. The minimum Gasteiger partial charge on any atom is -0.496 e. The van der Waals surface area contributed by atoms with E-state index in [1.807, 2.05) is 7.11 Å². The van der Waals surface area contributed by atoms with E-state index in [1.165, 1.54) is 51.4 Å². The van der Waals surface area contributed by atoms with Crippen molar-refractivity contribution >= 4 is 13.2 Å². The summed E-state index contributed by atoms with van der Waals surface area (Å²) in [6.45, 7) is 0. The van der Waals surface area contributed by atoms with Gasteiger partial charge in [-0.3, -0.25) is 0 Å². The van der Waals surface area contributed by atoms with Crippen LogP contribution in [0.3, 0.4) is 0 Å². The first-order valence-corrected chi connectivity index (χ1v) is 9.29. The maximum atomic E-state index is 5.66. The molecule has 0 bridgehead atoms. The molecule has 0 N–H and O–H groups in total. The minimum atomic E-state index is -0.00965. The fraction of sp³-hybridized carbons (Fsp3) is 0.647. The van der Waals surface area contributed by atoms with Crippen molar-refractivity contribution in [3.63, 3.8) is 0 Å². The Hall–Kier alpha value is 0.112. The van der Waals surface area contributed by atoms with Crippen LogP contribution in [0.15, 0.2) is 24.3 Å². The number of hydrogen-bond donors (Lipinski definition) is 0. The summed E-state index contributed by atoms with van der Waals surface area (Å²) in [6, 6.07) is 8.83. The molecular formula is C17H25OPPd. The Balaban J connectivity index is 0.00000147. The Kier molecular flexibility index (Phi) is 6.54. The van der Waals surface area contributed by atoms with E-state index in [-0.39, 0.29) is 28.3 Å². The van der Waals surface area contributed by atoms with Crippen LogP contribution >= 0.6 is 7.92 Å². The Morgan fingerprint density at radius 1 is 0.900 bits per heavy atom. The smallest absolute Gasteiger partial charge is 0.126 e. The summed E-state index contributed by atoms with van der Waals surface area (Å²) in [5, 5.41) is 1.55. The van der Waals surface area contributed by atoms with Crippen LogP contribution < -0.4 is 10.0 Å². The maximum absolute atomic E-state index is 5.66. The van der Waals surface area contributed by atoms with E-state index in [2.05, 4.69) is 24.3 Å². The van der Waals surface area contributed by atoms with Crippen LogP contribution in [0.4, 0.5) is 0 Å². The van der Waals surface area contributed by atoms with E-state index in [9.17, 15) is 0 Å². The summed E-state index contributed by atoms with van der Waals surface area (Å²) in [5.41, 5.74) is 1.93. The first-order valence-electron chi connectivity index (χ1n) is 7.81. The number of rotatable bonds is 4. The molecule has 2 aliphatic rings. The first kappa shape index (κ1) is 16.5. The molecule has 2 fully saturated rings. The Morgan fingerprint density at radius 3 is 1.90 bits per heavy atom. The van der Waals surface area contributed by atoms with Crippen molar-refractivity contribution in [2.45, 2.75) is 62.7 Å². The fourth-order valence-electron chi connectivity index (χ4n) is 3.90. The molecule has 114 valence electrons. The normalized spacial score (nSPS) is 20.3. The zero-order chi connectivity index (χ0) is 13.1. The number of methoxy groups -OCH3 is 1. The molecule has 3 rings (SSSR count). The van der Waals surface area contributed by atoms with E-state index in [1.54, 1.807) is 5.30 Å². The molecule has 2 saturated carbocycles. The van der Waals surface area contributed by atoms with E-state index in [0.717, 1.165) is 17.1 Å². The number of ether oxygens (including phenoxy) is 1. The predicted molar refractivity (Wildman–Crippen MR) is 84.1 cm³/mol. The Morgan fingerprint density at radius 2 is 1.40 bits per heavy atom. The SMILES string of the molecule is COc1ccccc1P(C1CCCC1)C1CCCC1.[Pd]. The van der Waals surface area contributed by atoms with Gasteiger partial charge in [-0.2, -0.15) is 0 Å². The van der Waals surface area contributed by atoms with Crippen LogP contribution in [-0.2, 0) is 20.4 Å². The third kappa shape index (κ3) is 3.47. The van der Waals surface area contributed by atoms with Crippen molar-refractivity contribution < 1.29 is 25.2 Å². The summed E-state index contributed by atoms with van der Waals surface area (Å²) < 4.78 is 5.66. The van der Waals surface area contributed by atoms with Crippen LogP contribution in [0.5, 0.6) is 5.75 Å². The van der Waals surface area contributed by atoms with Crippen molar-refractivity contribution in [2.24, 2.45) is 0 Å². The van der Waals surface area contributed by atoms with Crippen LogP contribution in [0.2, 0.25) is 0 Å². The summed E-state index contributed by atoms with van der Waals surface area (Å²) in [6.07, 6.45) is 11.6. The molecule has 0 radical (unpaired) electrons. The third-order valence-electron chi connectivity index (χ3n) is 4.80. The quantitative estimate of drug-likeness (QED) is 0.542. The second-order valence-corrected chi connectivity index (χ2v) is 8.71. The molecule has 0 spiro atoms. The molecule has 0 unspecified atom stereocenters. The van der Waals surface area contributed by atoms with Gasteiger partial charge in [-0.15, -0.1) is 0 Å². The Labute approximate surface area is 138 Å². The van der Waals surface area contributed by atoms with Gasteiger partial charge in [0, 0.05) is 25.7 Å². The summed E-state index contributed by atoms with van der Waals surface area (Å²) >= 11 is 0. The molecule has 0 amide bonds. The van der Waals surface area contributed by atoms with Crippen LogP contribution in [0, 0.1) is 0 Å². The van der Waals surface area contributed by atoms with E-state index >= 15 is 0 Å². The molecule has 0 aliphatic heterocycles. The fourth-order valence-corrected chi connectivity index (χ4v) is 7.80. The standard InChI is InChI=1S/C17H25OP.Pd/c1-18-16-12-6-7-13-17(16)19(14-8-2-3-9-14)15-10-4-5-11-15;/h6-7,12-15H,2-5,8-11H2,1H3;. The van der Waals surface area contributed by atoms with Crippen molar-refractivity contribution in [2.75, 3.05) is 7.11 Å². The molecular weight excluding hydrogens is 358 g/mol. The topological polar surface area (TPSA) is 9.23 Å². The van der Waals surface area contributed by atoms with Gasteiger partial charge in [0.25, 0.3) is 0 Å². The average molecular weight is 383 g/mol. The molecule has 3 heteroatoms. The zero-order valence-electron chi connectivity index (χ0n) is 12.3. The molecule has 0 aromatic heterocycles. The summed E-state index contributed by atoms with van der Waals surface area (Å²) in [4.78, 5) is 0. The molecule has 0 saturated heterocycles. The van der Waals surface area contributed by atoms with Crippen molar-refractivity contribution in [1.82, 2.24) is 0 Å². The van der Waals surface area contributed by atoms with E-state index in [0.29, 0.717) is 0 Å².